The number of carbonyl (C=O) groups is 1. The van der Waals surface area contributed by atoms with Crippen molar-refractivity contribution in [2.45, 2.75) is 20.5 Å². The summed E-state index contributed by atoms with van der Waals surface area (Å²) in [7, 11) is 1.28. The highest BCUT2D eigenvalue weighted by molar-refractivity contribution is 6.30. The van der Waals surface area contributed by atoms with Crippen LogP contribution in [-0.4, -0.2) is 23.2 Å². The molecule has 7 heteroatoms. The van der Waals surface area contributed by atoms with Crippen molar-refractivity contribution in [3.8, 4) is 11.5 Å². The number of ether oxygens (including phenoxy) is 2. The lowest BCUT2D eigenvalue weighted by atomic mass is 10.1. The maximum atomic E-state index is 14.3. The maximum Gasteiger partial charge on any atom is 0.337 e. The number of fused-ring (bicyclic) bond motifs is 1. The van der Waals surface area contributed by atoms with E-state index in [1.54, 1.807) is 18.2 Å². The van der Waals surface area contributed by atoms with E-state index in [1.807, 2.05) is 13.8 Å². The van der Waals surface area contributed by atoms with Crippen molar-refractivity contribution in [2.75, 3.05) is 7.11 Å². The average Bonchev–Trinajstić information content (AvgIpc) is 2.72. The first-order valence-corrected chi connectivity index (χ1v) is 8.65. The van der Waals surface area contributed by atoms with Crippen LogP contribution in [0.5, 0.6) is 11.5 Å². The predicted molar refractivity (Wildman–Crippen MR) is 102 cm³/mol. The quantitative estimate of drug-likeness (QED) is 0.625. The first-order chi connectivity index (χ1) is 13.0. The summed E-state index contributed by atoms with van der Waals surface area (Å²) in [6.07, 6.45) is 1.50. The number of hydrogen-bond acceptors (Lipinski definition) is 5. The van der Waals surface area contributed by atoms with Gasteiger partial charge in [-0.1, -0.05) is 31.5 Å². The van der Waals surface area contributed by atoms with E-state index in [1.165, 1.54) is 31.5 Å². The lowest BCUT2D eigenvalue weighted by molar-refractivity contribution is 0.0601. The van der Waals surface area contributed by atoms with Gasteiger partial charge in [-0.3, -0.25) is 4.98 Å². The molecular formula is C20H19ClFNO4. The van der Waals surface area contributed by atoms with Crippen molar-refractivity contribution < 1.29 is 23.8 Å². The van der Waals surface area contributed by atoms with Crippen LogP contribution < -0.4 is 4.74 Å². The Balaban J connectivity index is 0.00000126. The van der Waals surface area contributed by atoms with Gasteiger partial charge in [-0.05, 0) is 30.3 Å². The monoisotopic (exact) mass is 391 g/mol. The van der Waals surface area contributed by atoms with Gasteiger partial charge in [-0.25, -0.2) is 9.18 Å². The van der Waals surface area contributed by atoms with Crippen LogP contribution in [0.4, 0.5) is 4.39 Å². The van der Waals surface area contributed by atoms with Crippen molar-refractivity contribution in [1.82, 2.24) is 4.98 Å². The Morgan fingerprint density at radius 1 is 1.22 bits per heavy atom. The van der Waals surface area contributed by atoms with E-state index in [2.05, 4.69) is 4.98 Å². The number of esters is 1. The highest BCUT2D eigenvalue weighted by atomic mass is 35.5. The van der Waals surface area contributed by atoms with Gasteiger partial charge >= 0.3 is 5.97 Å². The SMILES string of the molecule is CC.COC(=O)c1ccc2nccc(Oc3c(CO)ccc(Cl)c3F)c2c1. The highest BCUT2D eigenvalue weighted by Crippen LogP contribution is 2.35. The van der Waals surface area contributed by atoms with Gasteiger partial charge in [0.2, 0.25) is 0 Å². The molecule has 0 saturated carbocycles. The molecule has 27 heavy (non-hydrogen) atoms. The minimum atomic E-state index is -0.776. The summed E-state index contributed by atoms with van der Waals surface area (Å²) in [5, 5.41) is 9.78. The number of methoxy groups -OCH3 is 1. The van der Waals surface area contributed by atoms with Gasteiger partial charge in [0.1, 0.15) is 5.75 Å². The second-order valence-corrected chi connectivity index (χ2v) is 5.55. The van der Waals surface area contributed by atoms with Gasteiger partial charge in [0.15, 0.2) is 11.6 Å². The second kappa shape index (κ2) is 9.30. The molecule has 1 aromatic heterocycles. The Kier molecular flexibility index (Phi) is 7.10. The third-order valence-corrected chi connectivity index (χ3v) is 3.93. The molecule has 5 nitrogen and oxygen atoms in total. The molecule has 0 fully saturated rings. The zero-order valence-electron chi connectivity index (χ0n) is 15.1. The molecule has 0 aliphatic rings. The zero-order valence-corrected chi connectivity index (χ0v) is 15.9. The Bertz CT molecular complexity index is 962. The molecule has 3 rings (SSSR count). The number of aromatic nitrogens is 1. The molecular weight excluding hydrogens is 373 g/mol. The predicted octanol–water partition coefficient (Wildman–Crippen LogP) is 5.12. The van der Waals surface area contributed by atoms with Crippen LogP contribution in [-0.2, 0) is 11.3 Å². The molecule has 0 amide bonds. The number of benzene rings is 2. The summed E-state index contributed by atoms with van der Waals surface area (Å²) in [5.41, 5.74) is 1.11. The van der Waals surface area contributed by atoms with Crippen LogP contribution in [0.3, 0.4) is 0 Å². The van der Waals surface area contributed by atoms with Crippen LogP contribution in [0.25, 0.3) is 10.9 Å². The standard InChI is InChI=1S/C18H13ClFNO4.C2H6/c1-24-18(23)10-3-5-14-12(8-10)15(6-7-21-14)25-17-11(9-22)2-4-13(19)16(17)20;1-2/h2-8,22H,9H2,1H3;1-2H3. The minimum Gasteiger partial charge on any atom is -0.465 e. The van der Waals surface area contributed by atoms with E-state index in [4.69, 9.17) is 21.1 Å². The second-order valence-electron chi connectivity index (χ2n) is 5.14. The lowest BCUT2D eigenvalue weighted by Gasteiger charge is -2.13. The van der Waals surface area contributed by atoms with Gasteiger partial charge in [-0.2, -0.15) is 0 Å². The van der Waals surface area contributed by atoms with Crippen LogP contribution in [0, 0.1) is 5.82 Å². The Labute approximate surface area is 161 Å². The third-order valence-electron chi connectivity index (χ3n) is 3.64. The van der Waals surface area contributed by atoms with E-state index in [0.717, 1.165) is 0 Å². The Morgan fingerprint density at radius 2 is 1.96 bits per heavy atom. The van der Waals surface area contributed by atoms with E-state index in [-0.39, 0.29) is 22.1 Å². The molecule has 2 aromatic carbocycles. The van der Waals surface area contributed by atoms with Gasteiger partial charge < -0.3 is 14.6 Å². The number of hydrogen-bond donors (Lipinski definition) is 1. The molecule has 3 aromatic rings. The summed E-state index contributed by atoms with van der Waals surface area (Å²) >= 11 is 5.80. The topological polar surface area (TPSA) is 68.7 Å². The molecule has 0 aliphatic carbocycles. The smallest absolute Gasteiger partial charge is 0.337 e. The van der Waals surface area contributed by atoms with Gasteiger partial charge in [0.25, 0.3) is 0 Å². The maximum absolute atomic E-state index is 14.3. The minimum absolute atomic E-state index is 0.124. The average molecular weight is 392 g/mol. The van der Waals surface area contributed by atoms with Gasteiger partial charge in [0.05, 0.1) is 29.8 Å². The molecule has 0 radical (unpaired) electrons. The van der Waals surface area contributed by atoms with Gasteiger partial charge in [-0.15, -0.1) is 0 Å². The summed E-state index contributed by atoms with van der Waals surface area (Å²) in [6.45, 7) is 3.58. The number of aliphatic hydroxyl groups excluding tert-OH is 1. The fraction of sp³-hybridized carbons (Fsp3) is 0.200. The summed E-state index contributed by atoms with van der Waals surface area (Å²) in [6, 6.07) is 9.11. The Hall–Kier alpha value is -2.70. The molecule has 0 spiro atoms. The van der Waals surface area contributed by atoms with Crippen molar-refractivity contribution in [3.05, 3.63) is 64.6 Å². The highest BCUT2D eigenvalue weighted by Gasteiger charge is 2.17. The molecule has 142 valence electrons. The molecule has 1 N–H and O–H groups in total. The molecule has 0 unspecified atom stereocenters. The van der Waals surface area contributed by atoms with E-state index >= 15 is 0 Å². The summed E-state index contributed by atoms with van der Waals surface area (Å²) in [4.78, 5) is 15.9. The van der Waals surface area contributed by atoms with Crippen molar-refractivity contribution in [2.24, 2.45) is 0 Å². The first-order valence-electron chi connectivity index (χ1n) is 8.28. The number of carbonyl (C=O) groups excluding carboxylic acids is 1. The largest absolute Gasteiger partial charge is 0.465 e. The molecule has 0 atom stereocenters. The third kappa shape index (κ3) is 4.35. The van der Waals surface area contributed by atoms with Crippen LogP contribution in [0.2, 0.25) is 5.02 Å². The summed E-state index contributed by atoms with van der Waals surface area (Å²) < 4.78 is 24.7. The van der Waals surface area contributed by atoms with E-state index in [9.17, 15) is 14.3 Å². The van der Waals surface area contributed by atoms with Crippen LogP contribution in [0.1, 0.15) is 29.8 Å². The Morgan fingerprint density at radius 3 is 2.63 bits per heavy atom. The van der Waals surface area contributed by atoms with Crippen LogP contribution >= 0.6 is 11.6 Å². The molecule has 1 heterocycles. The van der Waals surface area contributed by atoms with Crippen molar-refractivity contribution in [3.63, 3.8) is 0 Å². The number of halogens is 2. The molecule has 0 bridgehead atoms. The van der Waals surface area contributed by atoms with Crippen LogP contribution in [0.15, 0.2) is 42.6 Å². The van der Waals surface area contributed by atoms with E-state index < -0.39 is 18.4 Å². The normalized spacial score (nSPS) is 10.1. The number of nitrogens with zero attached hydrogens (tertiary/aromatic N) is 1. The first kappa shape index (κ1) is 20.6. The van der Waals surface area contributed by atoms with Crippen molar-refractivity contribution in [1.29, 1.82) is 0 Å². The molecule has 0 aliphatic heterocycles. The fourth-order valence-electron chi connectivity index (χ4n) is 2.37. The van der Waals surface area contributed by atoms with Gasteiger partial charge in [0, 0.05) is 17.1 Å². The lowest BCUT2D eigenvalue weighted by Crippen LogP contribution is -2.01. The number of aliphatic hydroxyl groups is 1. The fourth-order valence-corrected chi connectivity index (χ4v) is 2.52. The summed E-state index contributed by atoms with van der Waals surface area (Å²) in [5.74, 6) is -1.19. The number of pyridine rings is 1. The number of rotatable bonds is 4. The molecule has 0 saturated heterocycles. The zero-order chi connectivity index (χ0) is 20.0. The van der Waals surface area contributed by atoms with Crippen molar-refractivity contribution >= 4 is 28.5 Å². The van der Waals surface area contributed by atoms with E-state index in [0.29, 0.717) is 16.5 Å².